The summed E-state index contributed by atoms with van der Waals surface area (Å²) in [6.07, 6.45) is 1.47. The van der Waals surface area contributed by atoms with Gasteiger partial charge in [-0.25, -0.2) is 0 Å². The standard InChI is InChI=1S/C20H23N5O4S2/c1-12-13(10-15-19(29)25(20(30)31-15)5-4-16(26)27)17(23(3)18(28)14(12)11-21)24-8-6-22(2)7-9-24/h10H,4-9H2,1-3H3,(H,26,27)/b15-10+. The van der Waals surface area contributed by atoms with Crippen molar-refractivity contribution in [1.82, 2.24) is 14.4 Å². The number of nitriles is 1. The summed E-state index contributed by atoms with van der Waals surface area (Å²) >= 11 is 6.37. The van der Waals surface area contributed by atoms with Crippen LogP contribution >= 0.6 is 24.0 Å². The number of nitrogens with zero attached hydrogens (tertiary/aromatic N) is 5. The van der Waals surface area contributed by atoms with E-state index in [0.29, 0.717) is 39.3 Å². The average molecular weight is 462 g/mol. The van der Waals surface area contributed by atoms with Crippen molar-refractivity contribution in [3.05, 3.63) is 31.9 Å². The van der Waals surface area contributed by atoms with E-state index in [1.54, 1.807) is 20.0 Å². The van der Waals surface area contributed by atoms with E-state index in [9.17, 15) is 19.6 Å². The van der Waals surface area contributed by atoms with E-state index in [1.165, 1.54) is 9.47 Å². The Kier molecular flexibility index (Phi) is 6.83. The molecule has 0 atom stereocenters. The summed E-state index contributed by atoms with van der Waals surface area (Å²) in [5, 5.41) is 18.5. The minimum atomic E-state index is -1.01. The Balaban J connectivity index is 2.10. The van der Waals surface area contributed by atoms with Crippen molar-refractivity contribution in [2.24, 2.45) is 7.05 Å². The Bertz CT molecular complexity index is 1080. The first-order chi connectivity index (χ1) is 14.6. The fraction of sp³-hybridized carbons (Fsp3) is 0.450. The van der Waals surface area contributed by atoms with Gasteiger partial charge >= 0.3 is 5.97 Å². The van der Waals surface area contributed by atoms with Crippen LogP contribution in [0.5, 0.6) is 0 Å². The van der Waals surface area contributed by atoms with Crippen molar-refractivity contribution < 1.29 is 14.7 Å². The molecular weight excluding hydrogens is 438 g/mol. The van der Waals surface area contributed by atoms with Crippen LogP contribution in [0.4, 0.5) is 5.82 Å². The predicted octanol–water partition coefficient (Wildman–Crippen LogP) is 0.993. The van der Waals surface area contributed by atoms with Gasteiger partial charge in [0.15, 0.2) is 0 Å². The molecule has 1 aromatic heterocycles. The quantitative estimate of drug-likeness (QED) is 0.507. The summed E-state index contributed by atoms with van der Waals surface area (Å²) in [5.74, 6) is -0.722. The Labute approximate surface area is 189 Å². The van der Waals surface area contributed by atoms with Crippen molar-refractivity contribution in [2.75, 3.05) is 44.7 Å². The molecule has 11 heteroatoms. The molecule has 1 N–H and O–H groups in total. The number of thioether (sulfide) groups is 1. The Morgan fingerprint density at radius 2 is 1.90 bits per heavy atom. The largest absolute Gasteiger partial charge is 0.481 e. The monoisotopic (exact) mass is 461 g/mol. The van der Waals surface area contributed by atoms with Crippen LogP contribution in [0.25, 0.3) is 6.08 Å². The SMILES string of the molecule is Cc1c(/C=C2/SC(=S)N(CCC(=O)O)C2=O)c(N2CCN(C)CC2)n(C)c(=O)c1C#N. The first-order valence-electron chi connectivity index (χ1n) is 9.70. The second kappa shape index (κ2) is 9.21. The Morgan fingerprint density at radius 3 is 2.48 bits per heavy atom. The highest BCUT2D eigenvalue weighted by atomic mass is 32.2. The van der Waals surface area contributed by atoms with Gasteiger partial charge in [-0.2, -0.15) is 5.26 Å². The molecule has 2 saturated heterocycles. The van der Waals surface area contributed by atoms with Gasteiger partial charge in [-0.1, -0.05) is 24.0 Å². The maximum absolute atomic E-state index is 12.9. The van der Waals surface area contributed by atoms with Crippen molar-refractivity contribution in [3.63, 3.8) is 0 Å². The van der Waals surface area contributed by atoms with E-state index in [-0.39, 0.29) is 30.0 Å². The molecule has 2 fully saturated rings. The number of hydrogen-bond donors (Lipinski definition) is 1. The molecule has 1 aromatic rings. The number of likely N-dealkylation sites (N-methyl/N-ethyl adjacent to an activating group) is 1. The molecule has 0 spiro atoms. The van der Waals surface area contributed by atoms with Gasteiger partial charge < -0.3 is 14.9 Å². The van der Waals surface area contributed by atoms with Gasteiger partial charge in [0, 0.05) is 45.3 Å². The fourth-order valence-electron chi connectivity index (χ4n) is 3.64. The maximum Gasteiger partial charge on any atom is 0.305 e. The molecule has 3 rings (SSSR count). The van der Waals surface area contributed by atoms with Crippen molar-refractivity contribution in [2.45, 2.75) is 13.3 Å². The third kappa shape index (κ3) is 4.51. The second-order valence-corrected chi connectivity index (χ2v) is 9.16. The molecular formula is C20H23N5O4S2. The highest BCUT2D eigenvalue weighted by Crippen LogP contribution is 2.35. The third-order valence-corrected chi connectivity index (χ3v) is 6.85. The van der Waals surface area contributed by atoms with E-state index in [0.717, 1.165) is 24.9 Å². The summed E-state index contributed by atoms with van der Waals surface area (Å²) in [5.41, 5.74) is 0.797. The first kappa shape index (κ1) is 23.0. The Hall–Kier alpha value is -2.68. The lowest BCUT2D eigenvalue weighted by molar-refractivity contribution is -0.137. The van der Waals surface area contributed by atoms with E-state index in [2.05, 4.69) is 9.80 Å². The van der Waals surface area contributed by atoms with E-state index < -0.39 is 5.97 Å². The minimum absolute atomic E-state index is 0.00163. The fourth-order valence-corrected chi connectivity index (χ4v) is 4.93. The predicted molar refractivity (Wildman–Crippen MR) is 123 cm³/mol. The molecule has 1 amide bonds. The van der Waals surface area contributed by atoms with Gasteiger partial charge in [-0.3, -0.25) is 23.9 Å². The lowest BCUT2D eigenvalue weighted by Crippen LogP contribution is -2.46. The lowest BCUT2D eigenvalue weighted by atomic mass is 10.0. The number of hydrogen-bond acceptors (Lipinski definition) is 8. The molecule has 0 saturated carbocycles. The minimum Gasteiger partial charge on any atom is -0.481 e. The topological polar surface area (TPSA) is 110 Å². The number of piperazine rings is 1. The molecule has 0 bridgehead atoms. The number of carbonyl (C=O) groups excluding carboxylic acids is 1. The molecule has 0 aromatic carbocycles. The van der Waals surface area contributed by atoms with Crippen LogP contribution in [-0.2, 0) is 16.6 Å². The molecule has 3 heterocycles. The Morgan fingerprint density at radius 1 is 1.26 bits per heavy atom. The van der Waals surface area contributed by atoms with Crippen molar-refractivity contribution >= 4 is 52.1 Å². The highest BCUT2D eigenvalue weighted by molar-refractivity contribution is 8.26. The number of carboxylic acid groups (broad SMARTS) is 1. The smallest absolute Gasteiger partial charge is 0.305 e. The van der Waals surface area contributed by atoms with Crippen LogP contribution < -0.4 is 10.5 Å². The summed E-state index contributed by atoms with van der Waals surface area (Å²) in [6.45, 7) is 4.76. The van der Waals surface area contributed by atoms with E-state index >= 15 is 0 Å². The zero-order valence-electron chi connectivity index (χ0n) is 17.5. The number of thiocarbonyl (C=S) groups is 1. The van der Waals surface area contributed by atoms with Crippen LogP contribution in [-0.4, -0.2) is 75.4 Å². The van der Waals surface area contributed by atoms with Crippen molar-refractivity contribution in [3.8, 4) is 6.07 Å². The number of carbonyl (C=O) groups is 2. The van der Waals surface area contributed by atoms with Crippen LogP contribution in [0.1, 0.15) is 23.1 Å². The number of rotatable bonds is 5. The van der Waals surface area contributed by atoms with Crippen LogP contribution in [0.3, 0.4) is 0 Å². The van der Waals surface area contributed by atoms with Gasteiger partial charge in [0.05, 0.1) is 11.3 Å². The van der Waals surface area contributed by atoms with Crippen LogP contribution in [0.2, 0.25) is 0 Å². The van der Waals surface area contributed by atoms with Gasteiger partial charge in [-0.15, -0.1) is 0 Å². The zero-order valence-corrected chi connectivity index (χ0v) is 19.2. The number of anilines is 1. The molecule has 2 aliphatic rings. The number of aromatic nitrogens is 1. The van der Waals surface area contributed by atoms with Crippen molar-refractivity contribution in [1.29, 1.82) is 5.26 Å². The number of carboxylic acids is 1. The van der Waals surface area contributed by atoms with Gasteiger partial charge in [0.1, 0.15) is 21.8 Å². The van der Waals surface area contributed by atoms with Gasteiger partial charge in [-0.05, 0) is 25.6 Å². The average Bonchev–Trinajstić information content (AvgIpc) is 2.99. The third-order valence-electron chi connectivity index (χ3n) is 5.47. The van der Waals surface area contributed by atoms with Crippen LogP contribution in [0.15, 0.2) is 9.70 Å². The molecule has 0 aliphatic carbocycles. The second-order valence-electron chi connectivity index (χ2n) is 7.48. The number of amides is 1. The van der Waals surface area contributed by atoms with Gasteiger partial charge in [0.2, 0.25) is 0 Å². The summed E-state index contributed by atoms with van der Waals surface area (Å²) in [7, 11) is 3.66. The molecule has 164 valence electrons. The maximum atomic E-state index is 12.9. The first-order valence-corrected chi connectivity index (χ1v) is 10.9. The van der Waals surface area contributed by atoms with E-state index in [1.807, 2.05) is 13.1 Å². The summed E-state index contributed by atoms with van der Waals surface area (Å²) in [6, 6.07) is 1.99. The molecule has 0 unspecified atom stereocenters. The summed E-state index contributed by atoms with van der Waals surface area (Å²) < 4.78 is 1.76. The molecule has 9 nitrogen and oxygen atoms in total. The van der Waals surface area contributed by atoms with E-state index in [4.69, 9.17) is 17.3 Å². The zero-order chi connectivity index (χ0) is 22.9. The number of pyridine rings is 1. The molecule has 2 aliphatic heterocycles. The number of aliphatic carboxylic acids is 1. The summed E-state index contributed by atoms with van der Waals surface area (Å²) in [4.78, 5) is 42.5. The lowest BCUT2D eigenvalue weighted by Gasteiger charge is -2.36. The van der Waals surface area contributed by atoms with Gasteiger partial charge in [0.25, 0.3) is 11.5 Å². The normalized spacial score (nSPS) is 18.7. The molecule has 0 radical (unpaired) electrons. The van der Waals surface area contributed by atoms with Crippen LogP contribution in [0, 0.1) is 18.3 Å². The molecule has 31 heavy (non-hydrogen) atoms. The highest BCUT2D eigenvalue weighted by Gasteiger charge is 2.33.